The van der Waals surface area contributed by atoms with Gasteiger partial charge in [-0.1, -0.05) is 44.5 Å². The van der Waals surface area contributed by atoms with Gasteiger partial charge in [-0.3, -0.25) is 9.59 Å². The summed E-state index contributed by atoms with van der Waals surface area (Å²) in [7, 11) is 0. The predicted molar refractivity (Wildman–Crippen MR) is 116 cm³/mol. The third-order valence-corrected chi connectivity index (χ3v) is 4.96. The van der Waals surface area contributed by atoms with Crippen molar-refractivity contribution in [3.8, 4) is 5.75 Å². The summed E-state index contributed by atoms with van der Waals surface area (Å²) in [6.07, 6.45) is 2.77. The van der Waals surface area contributed by atoms with E-state index in [0.717, 1.165) is 24.8 Å². The smallest absolute Gasteiger partial charge is 0.261 e. The van der Waals surface area contributed by atoms with E-state index in [2.05, 4.69) is 12.2 Å². The normalized spacial score (nSPS) is 11.6. The molecule has 1 atom stereocenters. The lowest BCUT2D eigenvalue weighted by atomic mass is 10.1. The van der Waals surface area contributed by atoms with Crippen molar-refractivity contribution in [1.82, 2.24) is 10.2 Å². The van der Waals surface area contributed by atoms with Crippen LogP contribution in [0.15, 0.2) is 48.5 Å². The Morgan fingerprint density at radius 1 is 1.03 bits per heavy atom. The number of aryl methyl sites for hydroxylation is 1. The van der Waals surface area contributed by atoms with Crippen molar-refractivity contribution in [2.75, 3.05) is 13.2 Å². The van der Waals surface area contributed by atoms with Crippen molar-refractivity contribution >= 4 is 11.8 Å². The zero-order valence-corrected chi connectivity index (χ0v) is 18.0. The molecule has 0 aliphatic rings. The predicted octanol–water partition coefficient (Wildman–Crippen LogP) is 4.10. The van der Waals surface area contributed by atoms with E-state index < -0.39 is 6.04 Å². The average Bonchev–Trinajstić information content (AvgIpc) is 2.77. The number of benzene rings is 2. The van der Waals surface area contributed by atoms with Crippen LogP contribution in [0.2, 0.25) is 0 Å². The minimum atomic E-state index is -0.675. The molecule has 30 heavy (non-hydrogen) atoms. The summed E-state index contributed by atoms with van der Waals surface area (Å²) >= 11 is 0. The van der Waals surface area contributed by atoms with Gasteiger partial charge in [-0.2, -0.15) is 0 Å². The molecule has 5 nitrogen and oxygen atoms in total. The summed E-state index contributed by atoms with van der Waals surface area (Å²) in [6, 6.07) is 12.8. The van der Waals surface area contributed by atoms with Crippen LogP contribution in [0.5, 0.6) is 5.75 Å². The second-order valence-electron chi connectivity index (χ2n) is 7.25. The van der Waals surface area contributed by atoms with Crippen molar-refractivity contribution < 1.29 is 18.7 Å². The van der Waals surface area contributed by atoms with Crippen molar-refractivity contribution in [1.29, 1.82) is 0 Å². The first-order valence-electron chi connectivity index (χ1n) is 10.5. The van der Waals surface area contributed by atoms with Crippen LogP contribution >= 0.6 is 0 Å². The van der Waals surface area contributed by atoms with Gasteiger partial charge in [0.05, 0.1) is 0 Å². The van der Waals surface area contributed by atoms with Crippen LogP contribution in [0, 0.1) is 5.82 Å². The average molecular weight is 415 g/mol. The molecule has 0 fully saturated rings. The van der Waals surface area contributed by atoms with Gasteiger partial charge in [-0.15, -0.1) is 0 Å². The Hall–Kier alpha value is -2.89. The Morgan fingerprint density at radius 2 is 1.67 bits per heavy atom. The van der Waals surface area contributed by atoms with Crippen molar-refractivity contribution in [3.63, 3.8) is 0 Å². The molecule has 162 valence electrons. The maximum atomic E-state index is 13.2. The largest absolute Gasteiger partial charge is 0.484 e. The molecule has 0 bridgehead atoms. The molecular formula is C24H31FN2O3. The van der Waals surface area contributed by atoms with Gasteiger partial charge in [0.2, 0.25) is 5.91 Å². The summed E-state index contributed by atoms with van der Waals surface area (Å²) in [5.41, 5.74) is 1.93. The highest BCUT2D eigenvalue weighted by Crippen LogP contribution is 2.15. The number of nitrogens with zero attached hydrogens (tertiary/aromatic N) is 1. The number of carbonyl (C=O) groups excluding carboxylic acids is 2. The fourth-order valence-electron chi connectivity index (χ4n) is 2.95. The van der Waals surface area contributed by atoms with Crippen LogP contribution in [0.1, 0.15) is 44.7 Å². The number of hydrogen-bond acceptors (Lipinski definition) is 3. The van der Waals surface area contributed by atoms with Crippen LogP contribution in [-0.2, 0) is 22.6 Å². The summed E-state index contributed by atoms with van der Waals surface area (Å²) in [5.74, 6) is -0.272. The second kappa shape index (κ2) is 12.0. The first-order valence-corrected chi connectivity index (χ1v) is 10.5. The van der Waals surface area contributed by atoms with E-state index in [1.807, 2.05) is 31.2 Å². The van der Waals surface area contributed by atoms with E-state index in [9.17, 15) is 14.0 Å². The molecule has 0 saturated heterocycles. The lowest BCUT2D eigenvalue weighted by molar-refractivity contribution is -0.142. The van der Waals surface area contributed by atoms with E-state index in [-0.39, 0.29) is 30.8 Å². The molecule has 2 amide bonds. The van der Waals surface area contributed by atoms with Crippen LogP contribution in [-0.4, -0.2) is 35.9 Å². The minimum absolute atomic E-state index is 0.181. The van der Waals surface area contributed by atoms with Crippen molar-refractivity contribution in [3.05, 3.63) is 65.5 Å². The second-order valence-corrected chi connectivity index (χ2v) is 7.25. The molecule has 0 aliphatic carbocycles. The molecule has 2 rings (SSSR count). The lowest BCUT2D eigenvalue weighted by Gasteiger charge is -2.28. The number of ether oxygens (including phenoxy) is 1. The molecular weight excluding hydrogens is 383 g/mol. The summed E-state index contributed by atoms with van der Waals surface area (Å²) in [5, 5.41) is 2.87. The van der Waals surface area contributed by atoms with E-state index in [1.54, 1.807) is 19.1 Å². The van der Waals surface area contributed by atoms with E-state index in [1.165, 1.54) is 22.6 Å². The van der Waals surface area contributed by atoms with Crippen LogP contribution in [0.3, 0.4) is 0 Å². The summed E-state index contributed by atoms with van der Waals surface area (Å²) < 4.78 is 18.9. The molecule has 2 aromatic rings. The summed E-state index contributed by atoms with van der Waals surface area (Å²) in [6.45, 7) is 6.39. The fraction of sp³-hybridized carbons (Fsp3) is 0.417. The third kappa shape index (κ3) is 7.17. The molecule has 1 unspecified atom stereocenters. The first kappa shape index (κ1) is 23.4. The van der Waals surface area contributed by atoms with Gasteiger partial charge in [-0.25, -0.2) is 4.39 Å². The van der Waals surface area contributed by atoms with Gasteiger partial charge in [0.15, 0.2) is 6.61 Å². The SMILES string of the molecule is CCCCNC(=O)C(C)N(Cc1ccc(F)cc1)C(=O)COc1ccc(CC)cc1. The highest BCUT2D eigenvalue weighted by molar-refractivity contribution is 5.87. The van der Waals surface area contributed by atoms with Gasteiger partial charge in [-0.05, 0) is 55.2 Å². The monoisotopic (exact) mass is 414 g/mol. The molecule has 0 aromatic heterocycles. The van der Waals surface area contributed by atoms with E-state index in [0.29, 0.717) is 12.3 Å². The quantitative estimate of drug-likeness (QED) is 0.563. The topological polar surface area (TPSA) is 58.6 Å². The zero-order valence-electron chi connectivity index (χ0n) is 18.0. The molecule has 0 heterocycles. The van der Waals surface area contributed by atoms with Crippen LogP contribution in [0.4, 0.5) is 4.39 Å². The standard InChI is InChI=1S/C24H31FN2O3/c1-4-6-15-26-24(29)18(3)27(16-20-7-11-21(25)12-8-20)23(28)17-30-22-13-9-19(5-2)10-14-22/h7-14,18H,4-6,15-17H2,1-3H3,(H,26,29). The Morgan fingerprint density at radius 3 is 2.27 bits per heavy atom. The van der Waals surface area contributed by atoms with Gasteiger partial charge in [0.1, 0.15) is 17.6 Å². The van der Waals surface area contributed by atoms with E-state index >= 15 is 0 Å². The summed E-state index contributed by atoms with van der Waals surface area (Å²) in [4.78, 5) is 26.9. The molecule has 0 aliphatic heterocycles. The Balaban J connectivity index is 2.08. The number of carbonyl (C=O) groups is 2. The molecule has 1 N–H and O–H groups in total. The van der Waals surface area contributed by atoms with Gasteiger partial charge >= 0.3 is 0 Å². The van der Waals surface area contributed by atoms with Gasteiger partial charge < -0.3 is 15.0 Å². The molecule has 0 spiro atoms. The molecule has 2 aromatic carbocycles. The van der Waals surface area contributed by atoms with Gasteiger partial charge in [0.25, 0.3) is 5.91 Å². The molecule has 0 radical (unpaired) electrons. The Bertz CT molecular complexity index is 806. The fourth-order valence-corrected chi connectivity index (χ4v) is 2.95. The van der Waals surface area contributed by atoms with E-state index in [4.69, 9.17) is 4.74 Å². The van der Waals surface area contributed by atoms with Crippen LogP contribution < -0.4 is 10.1 Å². The van der Waals surface area contributed by atoms with Crippen molar-refractivity contribution in [2.45, 2.75) is 52.6 Å². The highest BCUT2D eigenvalue weighted by Gasteiger charge is 2.26. The van der Waals surface area contributed by atoms with Crippen LogP contribution in [0.25, 0.3) is 0 Å². The molecule has 6 heteroatoms. The number of amides is 2. The first-order chi connectivity index (χ1) is 14.4. The Labute approximate surface area is 178 Å². The zero-order chi connectivity index (χ0) is 21.9. The number of hydrogen-bond donors (Lipinski definition) is 1. The highest BCUT2D eigenvalue weighted by atomic mass is 19.1. The number of rotatable bonds is 11. The maximum Gasteiger partial charge on any atom is 0.261 e. The minimum Gasteiger partial charge on any atom is -0.484 e. The molecule has 0 saturated carbocycles. The number of nitrogens with one attached hydrogen (secondary N) is 1. The third-order valence-electron chi connectivity index (χ3n) is 4.96. The Kier molecular flexibility index (Phi) is 9.32. The maximum absolute atomic E-state index is 13.2. The van der Waals surface area contributed by atoms with Crippen molar-refractivity contribution in [2.24, 2.45) is 0 Å². The van der Waals surface area contributed by atoms with Gasteiger partial charge in [0, 0.05) is 13.1 Å². The number of halogens is 1. The lowest BCUT2D eigenvalue weighted by Crippen LogP contribution is -2.49. The number of unbranched alkanes of at least 4 members (excludes halogenated alkanes) is 1.